The first kappa shape index (κ1) is 13.1. The highest BCUT2D eigenvalue weighted by Gasteiger charge is 2.22. The molecule has 2 aromatic rings. The minimum Gasteiger partial charge on any atom is -0.294 e. The third-order valence-electron chi connectivity index (χ3n) is 4.27. The maximum Gasteiger partial charge on any atom is 0.163 e. The van der Waals surface area contributed by atoms with Crippen LogP contribution in [0.25, 0.3) is 0 Å². The Kier molecular flexibility index (Phi) is 3.68. The van der Waals surface area contributed by atoms with Crippen LogP contribution in [0.5, 0.6) is 0 Å². The van der Waals surface area contributed by atoms with E-state index in [-0.39, 0.29) is 5.78 Å². The van der Waals surface area contributed by atoms with Gasteiger partial charge >= 0.3 is 0 Å². The fourth-order valence-corrected chi connectivity index (χ4v) is 3.23. The molecule has 2 aromatic carbocycles. The van der Waals surface area contributed by atoms with Crippen LogP contribution in [0, 0.1) is 6.92 Å². The number of rotatable bonds is 3. The van der Waals surface area contributed by atoms with E-state index in [1.807, 2.05) is 31.2 Å². The van der Waals surface area contributed by atoms with Crippen molar-refractivity contribution in [3.8, 4) is 0 Å². The number of hydrogen-bond donors (Lipinski definition) is 0. The summed E-state index contributed by atoms with van der Waals surface area (Å²) in [4.78, 5) is 12.5. The molecule has 1 atom stereocenters. The summed E-state index contributed by atoms with van der Waals surface area (Å²) >= 11 is 0. The van der Waals surface area contributed by atoms with Crippen LogP contribution in [-0.4, -0.2) is 5.78 Å². The van der Waals surface area contributed by atoms with Crippen molar-refractivity contribution in [1.29, 1.82) is 0 Å². The highest BCUT2D eigenvalue weighted by Crippen LogP contribution is 2.34. The molecule has 1 heteroatoms. The fourth-order valence-electron chi connectivity index (χ4n) is 3.23. The van der Waals surface area contributed by atoms with Crippen molar-refractivity contribution in [1.82, 2.24) is 0 Å². The van der Waals surface area contributed by atoms with E-state index in [1.54, 1.807) is 0 Å². The molecule has 0 amide bonds. The van der Waals surface area contributed by atoms with Crippen molar-refractivity contribution in [2.45, 2.75) is 38.5 Å². The second-order valence-corrected chi connectivity index (χ2v) is 5.78. The topological polar surface area (TPSA) is 17.1 Å². The van der Waals surface area contributed by atoms with Gasteiger partial charge in [-0.25, -0.2) is 0 Å². The molecular weight excluding hydrogens is 244 g/mol. The van der Waals surface area contributed by atoms with Crippen LogP contribution in [0.15, 0.2) is 48.5 Å². The van der Waals surface area contributed by atoms with Gasteiger partial charge < -0.3 is 0 Å². The summed E-state index contributed by atoms with van der Waals surface area (Å²) in [6.45, 7) is 2.03. The van der Waals surface area contributed by atoms with Crippen LogP contribution in [0.3, 0.4) is 0 Å². The molecular formula is C19H20O. The number of carbonyl (C=O) groups is 1. The molecule has 102 valence electrons. The van der Waals surface area contributed by atoms with Crippen LogP contribution >= 0.6 is 0 Å². The lowest BCUT2D eigenvalue weighted by atomic mass is 9.79. The Labute approximate surface area is 120 Å². The molecule has 0 saturated heterocycles. The summed E-state index contributed by atoms with van der Waals surface area (Å²) in [6, 6.07) is 16.5. The smallest absolute Gasteiger partial charge is 0.163 e. The lowest BCUT2D eigenvalue weighted by molar-refractivity contribution is 0.0971. The predicted octanol–water partition coefficient (Wildman–Crippen LogP) is 4.69. The molecule has 0 saturated carbocycles. The van der Waals surface area contributed by atoms with Gasteiger partial charge in [-0.1, -0.05) is 48.0 Å². The third kappa shape index (κ3) is 2.67. The molecule has 20 heavy (non-hydrogen) atoms. The molecule has 0 heterocycles. The van der Waals surface area contributed by atoms with Crippen LogP contribution in [-0.2, 0) is 6.42 Å². The Bertz CT molecular complexity index is 627. The van der Waals surface area contributed by atoms with Crippen molar-refractivity contribution >= 4 is 5.78 Å². The van der Waals surface area contributed by atoms with Crippen molar-refractivity contribution < 1.29 is 4.79 Å². The second kappa shape index (κ2) is 5.62. The van der Waals surface area contributed by atoms with E-state index < -0.39 is 0 Å². The Morgan fingerprint density at radius 1 is 1.15 bits per heavy atom. The van der Waals surface area contributed by atoms with E-state index in [1.165, 1.54) is 17.5 Å². The normalized spacial score (nSPS) is 17.6. The largest absolute Gasteiger partial charge is 0.294 e. The Hall–Kier alpha value is -1.89. The fraction of sp³-hybridized carbons (Fsp3) is 0.316. The molecule has 0 spiro atoms. The van der Waals surface area contributed by atoms with E-state index in [0.29, 0.717) is 12.3 Å². The van der Waals surface area contributed by atoms with E-state index in [4.69, 9.17) is 0 Å². The third-order valence-corrected chi connectivity index (χ3v) is 4.27. The van der Waals surface area contributed by atoms with Crippen molar-refractivity contribution in [2.75, 3.05) is 0 Å². The SMILES string of the molecule is Cc1cccc(C(=O)CC2CCCc3ccccc32)c1. The van der Waals surface area contributed by atoms with Gasteiger partial charge in [0, 0.05) is 12.0 Å². The van der Waals surface area contributed by atoms with Crippen LogP contribution in [0.1, 0.15) is 52.2 Å². The molecule has 0 aliphatic heterocycles. The molecule has 1 aliphatic carbocycles. The van der Waals surface area contributed by atoms with Gasteiger partial charge in [-0.2, -0.15) is 0 Å². The van der Waals surface area contributed by atoms with E-state index in [0.717, 1.165) is 24.0 Å². The van der Waals surface area contributed by atoms with Gasteiger partial charge in [0.05, 0.1) is 0 Å². The minimum atomic E-state index is 0.274. The molecule has 0 aromatic heterocycles. The molecule has 1 aliphatic rings. The van der Waals surface area contributed by atoms with Gasteiger partial charge in [-0.15, -0.1) is 0 Å². The summed E-state index contributed by atoms with van der Waals surface area (Å²) in [7, 11) is 0. The van der Waals surface area contributed by atoms with E-state index >= 15 is 0 Å². The Balaban J connectivity index is 1.81. The van der Waals surface area contributed by atoms with Gasteiger partial charge in [-0.05, 0) is 49.3 Å². The average molecular weight is 264 g/mol. The summed E-state index contributed by atoms with van der Waals surface area (Å²) in [5, 5.41) is 0. The van der Waals surface area contributed by atoms with Gasteiger partial charge in [0.1, 0.15) is 0 Å². The van der Waals surface area contributed by atoms with Gasteiger partial charge in [-0.3, -0.25) is 4.79 Å². The molecule has 0 fully saturated rings. The molecule has 0 bridgehead atoms. The summed E-state index contributed by atoms with van der Waals surface area (Å²) in [5.41, 5.74) is 4.83. The Morgan fingerprint density at radius 3 is 2.85 bits per heavy atom. The standard InChI is InChI=1S/C19H20O/c1-14-6-4-10-17(12-14)19(20)13-16-9-5-8-15-7-2-3-11-18(15)16/h2-4,6-7,10-12,16H,5,8-9,13H2,1H3. The monoisotopic (exact) mass is 264 g/mol. The van der Waals surface area contributed by atoms with Crippen LogP contribution in [0.4, 0.5) is 0 Å². The van der Waals surface area contributed by atoms with Gasteiger partial charge in [0.25, 0.3) is 0 Å². The maximum absolute atomic E-state index is 12.5. The lowest BCUT2D eigenvalue weighted by Gasteiger charge is -2.25. The quantitative estimate of drug-likeness (QED) is 0.735. The van der Waals surface area contributed by atoms with Crippen LogP contribution < -0.4 is 0 Å². The van der Waals surface area contributed by atoms with Crippen LogP contribution in [0.2, 0.25) is 0 Å². The maximum atomic E-state index is 12.5. The molecule has 3 rings (SSSR count). The molecule has 0 radical (unpaired) electrons. The average Bonchev–Trinajstić information content (AvgIpc) is 2.47. The molecule has 0 N–H and O–H groups in total. The highest BCUT2D eigenvalue weighted by atomic mass is 16.1. The number of ketones is 1. The first-order valence-electron chi connectivity index (χ1n) is 7.42. The number of carbonyl (C=O) groups excluding carboxylic acids is 1. The van der Waals surface area contributed by atoms with Gasteiger partial charge in [0.2, 0.25) is 0 Å². The van der Waals surface area contributed by atoms with Gasteiger partial charge in [0.15, 0.2) is 5.78 Å². The molecule has 1 nitrogen and oxygen atoms in total. The van der Waals surface area contributed by atoms with E-state index in [2.05, 4.69) is 24.3 Å². The summed E-state index contributed by atoms with van der Waals surface area (Å²) in [6.07, 6.45) is 4.13. The minimum absolute atomic E-state index is 0.274. The number of Topliss-reactive ketones (excluding diaryl/α,β-unsaturated/α-hetero) is 1. The Morgan fingerprint density at radius 2 is 2.00 bits per heavy atom. The number of fused-ring (bicyclic) bond motifs is 1. The zero-order valence-electron chi connectivity index (χ0n) is 11.9. The first-order chi connectivity index (χ1) is 9.74. The van der Waals surface area contributed by atoms with Crippen molar-refractivity contribution in [3.63, 3.8) is 0 Å². The number of hydrogen-bond acceptors (Lipinski definition) is 1. The summed E-state index contributed by atoms with van der Waals surface area (Å²) in [5.74, 6) is 0.670. The second-order valence-electron chi connectivity index (χ2n) is 5.78. The molecule has 1 unspecified atom stereocenters. The first-order valence-corrected chi connectivity index (χ1v) is 7.42. The van der Waals surface area contributed by atoms with E-state index in [9.17, 15) is 4.79 Å². The lowest BCUT2D eigenvalue weighted by Crippen LogP contribution is -2.14. The zero-order chi connectivity index (χ0) is 13.9. The zero-order valence-corrected chi connectivity index (χ0v) is 11.9. The predicted molar refractivity (Wildman–Crippen MR) is 82.2 cm³/mol. The number of aryl methyl sites for hydroxylation is 2. The highest BCUT2D eigenvalue weighted by molar-refractivity contribution is 5.96. The summed E-state index contributed by atoms with van der Waals surface area (Å²) < 4.78 is 0. The van der Waals surface area contributed by atoms with Crippen molar-refractivity contribution in [2.24, 2.45) is 0 Å². The van der Waals surface area contributed by atoms with Crippen molar-refractivity contribution in [3.05, 3.63) is 70.8 Å². The number of benzene rings is 2.